The second-order valence-electron chi connectivity index (χ2n) is 5.13. The third kappa shape index (κ3) is 4.32. The first-order valence-corrected chi connectivity index (χ1v) is 7.43. The van der Waals surface area contributed by atoms with E-state index in [0.717, 1.165) is 25.9 Å². The van der Waals surface area contributed by atoms with Gasteiger partial charge in [-0.15, -0.1) is 0 Å². The van der Waals surface area contributed by atoms with E-state index in [1.165, 1.54) is 11.0 Å². The van der Waals surface area contributed by atoms with E-state index in [9.17, 15) is 9.59 Å². The minimum absolute atomic E-state index is 0.0846. The molecule has 1 aliphatic rings. The van der Waals surface area contributed by atoms with E-state index in [2.05, 4.69) is 0 Å². The molecule has 0 bridgehead atoms. The van der Waals surface area contributed by atoms with Crippen LogP contribution in [0.4, 0.5) is 0 Å². The van der Waals surface area contributed by atoms with Gasteiger partial charge >= 0.3 is 0 Å². The van der Waals surface area contributed by atoms with Gasteiger partial charge in [0.15, 0.2) is 5.75 Å². The van der Waals surface area contributed by atoms with Crippen LogP contribution in [0.1, 0.15) is 25.7 Å². The average molecular weight is 294 g/mol. The molecule has 1 aliphatic heterocycles. The summed E-state index contributed by atoms with van der Waals surface area (Å²) in [5.41, 5.74) is -0.281. The summed E-state index contributed by atoms with van der Waals surface area (Å²) < 4.78 is 6.81. The second kappa shape index (κ2) is 7.83. The van der Waals surface area contributed by atoms with Gasteiger partial charge in [0.2, 0.25) is 5.91 Å². The number of carbonyl (C=O) groups excluding carboxylic acids is 1. The number of hydrogen-bond donors (Lipinski definition) is 1. The van der Waals surface area contributed by atoms with Crippen LogP contribution in [0.5, 0.6) is 5.75 Å². The van der Waals surface area contributed by atoms with Gasteiger partial charge in [0.1, 0.15) is 0 Å². The van der Waals surface area contributed by atoms with Gasteiger partial charge < -0.3 is 19.3 Å². The highest BCUT2D eigenvalue weighted by atomic mass is 16.5. The lowest BCUT2D eigenvalue weighted by Gasteiger charge is -2.26. The number of ether oxygens (including phenoxy) is 1. The molecule has 2 rings (SSSR count). The maximum atomic E-state index is 12.0. The van der Waals surface area contributed by atoms with Crippen molar-refractivity contribution in [3.8, 4) is 5.75 Å². The van der Waals surface area contributed by atoms with Crippen LogP contribution in [0.3, 0.4) is 0 Å². The van der Waals surface area contributed by atoms with Crippen LogP contribution in [0.15, 0.2) is 23.1 Å². The molecule has 1 aromatic rings. The molecule has 6 heteroatoms. The topological polar surface area (TPSA) is 71.8 Å². The van der Waals surface area contributed by atoms with E-state index in [4.69, 9.17) is 9.84 Å². The van der Waals surface area contributed by atoms with Crippen molar-refractivity contribution < 1.29 is 14.6 Å². The predicted molar refractivity (Wildman–Crippen MR) is 78.3 cm³/mol. The number of nitrogens with zero attached hydrogens (tertiary/aromatic N) is 2. The minimum atomic E-state index is -0.281. The molecule has 6 nitrogen and oxygen atoms in total. The SMILES string of the molecule is O=C(CCOc1cccn(CCO)c1=O)N1CCCCC1. The third-order valence-electron chi connectivity index (χ3n) is 3.61. The highest BCUT2D eigenvalue weighted by Gasteiger charge is 2.16. The fourth-order valence-electron chi connectivity index (χ4n) is 2.46. The van der Waals surface area contributed by atoms with Gasteiger partial charge in [0.05, 0.1) is 19.6 Å². The maximum absolute atomic E-state index is 12.0. The number of aliphatic hydroxyl groups is 1. The number of rotatable bonds is 6. The van der Waals surface area contributed by atoms with E-state index in [0.29, 0.717) is 0 Å². The molecule has 1 saturated heterocycles. The summed E-state index contributed by atoms with van der Waals surface area (Å²) in [5, 5.41) is 8.88. The highest BCUT2D eigenvalue weighted by Crippen LogP contribution is 2.10. The van der Waals surface area contributed by atoms with Crippen molar-refractivity contribution >= 4 is 5.91 Å². The summed E-state index contributed by atoms with van der Waals surface area (Å²) >= 11 is 0. The van der Waals surface area contributed by atoms with Gasteiger partial charge in [-0.3, -0.25) is 9.59 Å². The van der Waals surface area contributed by atoms with Crippen molar-refractivity contribution in [1.82, 2.24) is 9.47 Å². The van der Waals surface area contributed by atoms with E-state index >= 15 is 0 Å². The zero-order chi connectivity index (χ0) is 15.1. The number of piperidine rings is 1. The molecule has 0 spiro atoms. The zero-order valence-electron chi connectivity index (χ0n) is 12.2. The molecule has 0 aromatic carbocycles. The van der Waals surface area contributed by atoms with Crippen LogP contribution in [0, 0.1) is 0 Å². The van der Waals surface area contributed by atoms with Gasteiger partial charge in [0, 0.05) is 25.8 Å². The summed E-state index contributed by atoms with van der Waals surface area (Å²) in [6, 6.07) is 3.28. The number of hydrogen-bond acceptors (Lipinski definition) is 4. The lowest BCUT2D eigenvalue weighted by molar-refractivity contribution is -0.132. The van der Waals surface area contributed by atoms with Gasteiger partial charge in [-0.1, -0.05) is 0 Å². The average Bonchev–Trinajstić information content (AvgIpc) is 2.52. The second-order valence-corrected chi connectivity index (χ2v) is 5.13. The third-order valence-corrected chi connectivity index (χ3v) is 3.61. The van der Waals surface area contributed by atoms with Crippen LogP contribution in [-0.4, -0.2) is 46.8 Å². The quantitative estimate of drug-likeness (QED) is 0.835. The summed E-state index contributed by atoms with van der Waals surface area (Å²) in [6.45, 7) is 1.99. The molecule has 116 valence electrons. The van der Waals surface area contributed by atoms with E-state index in [1.807, 2.05) is 4.90 Å². The van der Waals surface area contributed by atoms with E-state index in [1.54, 1.807) is 18.3 Å². The van der Waals surface area contributed by atoms with Crippen LogP contribution >= 0.6 is 0 Å². The standard InChI is InChI=1S/C15H22N2O4/c18-11-10-17-9-4-5-13(15(17)20)21-12-6-14(19)16-7-2-1-3-8-16/h4-5,9,18H,1-3,6-8,10-12H2. The summed E-state index contributed by atoms with van der Waals surface area (Å²) in [5.74, 6) is 0.304. The Kier molecular flexibility index (Phi) is 5.80. The Balaban J connectivity index is 1.84. The number of carbonyl (C=O) groups is 1. The van der Waals surface area contributed by atoms with Crippen molar-refractivity contribution in [3.63, 3.8) is 0 Å². The first kappa shape index (κ1) is 15.6. The lowest BCUT2D eigenvalue weighted by atomic mass is 10.1. The van der Waals surface area contributed by atoms with Crippen LogP contribution < -0.4 is 10.3 Å². The summed E-state index contributed by atoms with van der Waals surface area (Å²) in [4.78, 5) is 25.8. The lowest BCUT2D eigenvalue weighted by Crippen LogP contribution is -2.36. The molecule has 1 aromatic heterocycles. The van der Waals surface area contributed by atoms with Crippen molar-refractivity contribution in [2.45, 2.75) is 32.2 Å². The molecule has 2 heterocycles. The molecule has 0 radical (unpaired) electrons. The molecule has 0 atom stereocenters. The summed E-state index contributed by atoms with van der Waals surface area (Å²) in [6.07, 6.45) is 5.21. The van der Waals surface area contributed by atoms with Crippen LogP contribution in [0.2, 0.25) is 0 Å². The first-order chi connectivity index (χ1) is 10.2. The fraction of sp³-hybridized carbons (Fsp3) is 0.600. The smallest absolute Gasteiger partial charge is 0.292 e. The minimum Gasteiger partial charge on any atom is -0.487 e. The number of pyridine rings is 1. The predicted octanol–water partition coefficient (Wildman–Crippen LogP) is 0.622. The number of aromatic nitrogens is 1. The Morgan fingerprint density at radius 2 is 2.05 bits per heavy atom. The monoisotopic (exact) mass is 294 g/mol. The fourth-order valence-corrected chi connectivity index (χ4v) is 2.46. The molecule has 1 N–H and O–H groups in total. The van der Waals surface area contributed by atoms with Gasteiger partial charge in [-0.2, -0.15) is 0 Å². The van der Waals surface area contributed by atoms with Gasteiger partial charge in [-0.25, -0.2) is 0 Å². The molecular weight excluding hydrogens is 272 g/mol. The summed E-state index contributed by atoms with van der Waals surface area (Å²) in [7, 11) is 0. The highest BCUT2D eigenvalue weighted by molar-refractivity contribution is 5.76. The normalized spacial score (nSPS) is 15.0. The number of aliphatic hydroxyl groups excluding tert-OH is 1. The zero-order valence-corrected chi connectivity index (χ0v) is 12.2. The molecule has 0 aliphatic carbocycles. The molecule has 21 heavy (non-hydrogen) atoms. The Hall–Kier alpha value is -1.82. The Labute approximate surface area is 123 Å². The number of amides is 1. The molecule has 0 unspecified atom stereocenters. The van der Waals surface area contributed by atoms with Crippen molar-refractivity contribution in [2.24, 2.45) is 0 Å². The van der Waals surface area contributed by atoms with Crippen molar-refractivity contribution in [1.29, 1.82) is 0 Å². The maximum Gasteiger partial charge on any atom is 0.292 e. The van der Waals surface area contributed by atoms with Crippen LogP contribution in [0.25, 0.3) is 0 Å². The molecular formula is C15H22N2O4. The van der Waals surface area contributed by atoms with Crippen molar-refractivity contribution in [3.05, 3.63) is 28.7 Å². The number of likely N-dealkylation sites (tertiary alicyclic amines) is 1. The van der Waals surface area contributed by atoms with E-state index in [-0.39, 0.29) is 43.4 Å². The Morgan fingerprint density at radius 1 is 1.29 bits per heavy atom. The molecule has 1 fully saturated rings. The van der Waals surface area contributed by atoms with Crippen LogP contribution in [-0.2, 0) is 11.3 Å². The van der Waals surface area contributed by atoms with Crippen molar-refractivity contribution in [2.75, 3.05) is 26.3 Å². The Morgan fingerprint density at radius 3 is 2.76 bits per heavy atom. The first-order valence-electron chi connectivity index (χ1n) is 7.43. The van der Waals surface area contributed by atoms with E-state index < -0.39 is 0 Å². The Bertz CT molecular complexity index is 521. The largest absolute Gasteiger partial charge is 0.487 e. The molecule has 0 saturated carbocycles. The van der Waals surface area contributed by atoms with Gasteiger partial charge in [-0.05, 0) is 31.4 Å². The molecule has 1 amide bonds. The van der Waals surface area contributed by atoms with Gasteiger partial charge in [0.25, 0.3) is 5.56 Å².